The van der Waals surface area contributed by atoms with Gasteiger partial charge in [-0.05, 0) is 51.5 Å². The average Bonchev–Trinajstić information content (AvgIpc) is 2.39. The van der Waals surface area contributed by atoms with Crippen LogP contribution in [0.4, 0.5) is 0 Å². The van der Waals surface area contributed by atoms with Gasteiger partial charge in [-0.1, -0.05) is 26.2 Å². The summed E-state index contributed by atoms with van der Waals surface area (Å²) in [5.74, 6) is 1.000. The molecular formula is C15H30N2. The first-order valence-electron chi connectivity index (χ1n) is 7.70. The summed E-state index contributed by atoms with van der Waals surface area (Å²) in [6, 6.07) is 1.90. The van der Waals surface area contributed by atoms with Gasteiger partial charge in [0.05, 0.1) is 0 Å². The second-order valence-electron chi connectivity index (χ2n) is 6.26. The van der Waals surface area contributed by atoms with Crippen LogP contribution in [0, 0.1) is 5.92 Å². The van der Waals surface area contributed by atoms with Crippen molar-refractivity contribution in [3.8, 4) is 0 Å². The molecule has 2 aliphatic rings. The molecule has 2 heteroatoms. The highest BCUT2D eigenvalue weighted by Crippen LogP contribution is 2.32. The molecule has 0 spiro atoms. The van der Waals surface area contributed by atoms with Crippen molar-refractivity contribution in [1.29, 1.82) is 0 Å². The molecule has 0 amide bonds. The van der Waals surface area contributed by atoms with Crippen LogP contribution in [0.3, 0.4) is 0 Å². The molecule has 2 rings (SSSR count). The summed E-state index contributed by atoms with van der Waals surface area (Å²) >= 11 is 0. The molecule has 17 heavy (non-hydrogen) atoms. The van der Waals surface area contributed by atoms with Gasteiger partial charge in [0.25, 0.3) is 0 Å². The third kappa shape index (κ3) is 3.23. The molecule has 2 atom stereocenters. The molecule has 2 N–H and O–H groups in total. The maximum atomic E-state index is 6.30. The lowest BCUT2D eigenvalue weighted by atomic mass is 9.82. The molecule has 0 aromatic heterocycles. The number of likely N-dealkylation sites (N-methyl/N-ethyl adjacent to an activating group) is 1. The number of nitrogens with zero attached hydrogens (tertiary/aromatic N) is 1. The Labute approximate surface area is 107 Å². The highest BCUT2D eigenvalue weighted by Gasteiger charge is 2.31. The minimum Gasteiger partial charge on any atom is -0.326 e. The Hall–Kier alpha value is -0.0800. The van der Waals surface area contributed by atoms with Gasteiger partial charge in [0, 0.05) is 18.1 Å². The highest BCUT2D eigenvalue weighted by atomic mass is 15.2. The molecule has 2 fully saturated rings. The Balaban J connectivity index is 1.85. The van der Waals surface area contributed by atoms with E-state index in [0.717, 1.165) is 12.0 Å². The maximum Gasteiger partial charge on any atom is 0.0247 e. The van der Waals surface area contributed by atoms with Crippen LogP contribution in [0.2, 0.25) is 0 Å². The van der Waals surface area contributed by atoms with E-state index < -0.39 is 0 Å². The van der Waals surface area contributed by atoms with Crippen LogP contribution in [0.5, 0.6) is 0 Å². The first kappa shape index (κ1) is 13.4. The maximum absolute atomic E-state index is 6.30. The molecule has 0 aliphatic heterocycles. The predicted octanol–water partition coefficient (Wildman–Crippen LogP) is 3.16. The minimum absolute atomic E-state index is 0.428. The van der Waals surface area contributed by atoms with Gasteiger partial charge < -0.3 is 5.73 Å². The van der Waals surface area contributed by atoms with E-state index in [9.17, 15) is 0 Å². The molecule has 2 unspecified atom stereocenters. The largest absolute Gasteiger partial charge is 0.326 e. The van der Waals surface area contributed by atoms with E-state index in [1.165, 1.54) is 57.8 Å². The van der Waals surface area contributed by atoms with E-state index in [0.29, 0.717) is 12.1 Å². The Bertz CT molecular complexity index is 221. The summed E-state index contributed by atoms with van der Waals surface area (Å²) in [5.41, 5.74) is 6.30. The Morgan fingerprint density at radius 1 is 1.00 bits per heavy atom. The van der Waals surface area contributed by atoms with Gasteiger partial charge in [0.2, 0.25) is 0 Å². The van der Waals surface area contributed by atoms with Gasteiger partial charge in [-0.25, -0.2) is 0 Å². The fourth-order valence-electron chi connectivity index (χ4n) is 3.88. The van der Waals surface area contributed by atoms with Gasteiger partial charge in [-0.3, -0.25) is 4.90 Å². The third-order valence-electron chi connectivity index (χ3n) is 5.27. The third-order valence-corrected chi connectivity index (χ3v) is 5.27. The van der Waals surface area contributed by atoms with Gasteiger partial charge in [-0.2, -0.15) is 0 Å². The first-order chi connectivity index (χ1) is 8.22. The predicted molar refractivity (Wildman–Crippen MR) is 74.0 cm³/mol. The van der Waals surface area contributed by atoms with Crippen molar-refractivity contribution < 1.29 is 0 Å². The zero-order valence-corrected chi connectivity index (χ0v) is 11.7. The SMILES string of the molecule is CCC1CCC(N(C)C2CCCCC2N)CC1. The van der Waals surface area contributed by atoms with E-state index in [-0.39, 0.29) is 0 Å². The molecule has 0 saturated heterocycles. The standard InChI is InChI=1S/C15H30N2/c1-3-12-8-10-13(11-9-12)17(2)15-7-5-4-6-14(15)16/h12-15H,3-11,16H2,1-2H3. The summed E-state index contributed by atoms with van der Waals surface area (Å²) in [4.78, 5) is 2.63. The van der Waals surface area contributed by atoms with Gasteiger partial charge in [-0.15, -0.1) is 0 Å². The Morgan fingerprint density at radius 2 is 1.65 bits per heavy atom. The van der Waals surface area contributed by atoms with Crippen molar-refractivity contribution in [1.82, 2.24) is 4.90 Å². The first-order valence-corrected chi connectivity index (χ1v) is 7.70. The number of nitrogens with two attached hydrogens (primary N) is 1. The van der Waals surface area contributed by atoms with Crippen LogP contribution >= 0.6 is 0 Å². The molecule has 2 nitrogen and oxygen atoms in total. The van der Waals surface area contributed by atoms with Crippen molar-refractivity contribution in [3.63, 3.8) is 0 Å². The van der Waals surface area contributed by atoms with Crippen molar-refractivity contribution in [2.45, 2.75) is 82.8 Å². The Kier molecular flexibility index (Phi) is 4.87. The summed E-state index contributed by atoms with van der Waals surface area (Å²) in [7, 11) is 2.33. The topological polar surface area (TPSA) is 29.3 Å². The average molecular weight is 238 g/mol. The van der Waals surface area contributed by atoms with Crippen LogP contribution in [0.15, 0.2) is 0 Å². The van der Waals surface area contributed by atoms with Crippen LogP contribution < -0.4 is 5.73 Å². The van der Waals surface area contributed by atoms with Crippen LogP contribution in [0.1, 0.15) is 64.7 Å². The molecule has 0 radical (unpaired) electrons. The van der Waals surface area contributed by atoms with Gasteiger partial charge >= 0.3 is 0 Å². The molecule has 0 aromatic rings. The highest BCUT2D eigenvalue weighted by molar-refractivity contribution is 4.89. The van der Waals surface area contributed by atoms with E-state index >= 15 is 0 Å². The van der Waals surface area contributed by atoms with Crippen molar-refractivity contribution >= 4 is 0 Å². The fourth-order valence-corrected chi connectivity index (χ4v) is 3.88. The normalized spacial score (nSPS) is 39.5. The lowest BCUT2D eigenvalue weighted by Gasteiger charge is -2.43. The molecule has 0 heterocycles. The lowest BCUT2D eigenvalue weighted by molar-refractivity contribution is 0.0854. The van der Waals surface area contributed by atoms with Crippen molar-refractivity contribution in [3.05, 3.63) is 0 Å². The quantitative estimate of drug-likeness (QED) is 0.818. The molecule has 0 aromatic carbocycles. The van der Waals surface area contributed by atoms with E-state index in [4.69, 9.17) is 5.73 Å². The van der Waals surface area contributed by atoms with Crippen LogP contribution in [-0.4, -0.2) is 30.1 Å². The Morgan fingerprint density at radius 3 is 2.24 bits per heavy atom. The smallest absolute Gasteiger partial charge is 0.0247 e. The zero-order valence-electron chi connectivity index (χ0n) is 11.7. The fraction of sp³-hybridized carbons (Fsp3) is 1.00. The minimum atomic E-state index is 0.428. The molecule has 100 valence electrons. The number of rotatable bonds is 3. The zero-order chi connectivity index (χ0) is 12.3. The van der Waals surface area contributed by atoms with Crippen LogP contribution in [-0.2, 0) is 0 Å². The second-order valence-corrected chi connectivity index (χ2v) is 6.26. The summed E-state index contributed by atoms with van der Waals surface area (Å²) < 4.78 is 0. The number of hydrogen-bond donors (Lipinski definition) is 1. The summed E-state index contributed by atoms with van der Waals surface area (Å²) in [5, 5.41) is 0. The molecule has 2 aliphatic carbocycles. The lowest BCUT2D eigenvalue weighted by Crippen LogP contribution is -2.52. The van der Waals surface area contributed by atoms with Gasteiger partial charge in [0.1, 0.15) is 0 Å². The van der Waals surface area contributed by atoms with Crippen molar-refractivity contribution in [2.24, 2.45) is 11.7 Å². The van der Waals surface area contributed by atoms with Crippen LogP contribution in [0.25, 0.3) is 0 Å². The second kappa shape index (κ2) is 6.19. The summed E-state index contributed by atoms with van der Waals surface area (Å²) in [6.07, 6.45) is 12.3. The number of hydrogen-bond acceptors (Lipinski definition) is 2. The van der Waals surface area contributed by atoms with Gasteiger partial charge in [0.15, 0.2) is 0 Å². The molecular weight excluding hydrogens is 208 g/mol. The summed E-state index contributed by atoms with van der Waals surface area (Å²) in [6.45, 7) is 2.34. The monoisotopic (exact) mass is 238 g/mol. The van der Waals surface area contributed by atoms with E-state index in [2.05, 4.69) is 18.9 Å². The van der Waals surface area contributed by atoms with Crippen molar-refractivity contribution in [2.75, 3.05) is 7.05 Å². The van der Waals surface area contributed by atoms with E-state index in [1.807, 2.05) is 0 Å². The molecule has 0 bridgehead atoms. The van der Waals surface area contributed by atoms with E-state index in [1.54, 1.807) is 0 Å². The molecule has 2 saturated carbocycles.